The Morgan fingerprint density at radius 2 is 1.77 bits per heavy atom. The van der Waals surface area contributed by atoms with Crippen molar-refractivity contribution in [2.75, 3.05) is 20.8 Å². The van der Waals surface area contributed by atoms with E-state index in [4.69, 9.17) is 9.47 Å². The Morgan fingerprint density at radius 1 is 1.09 bits per heavy atom. The highest BCUT2D eigenvalue weighted by Crippen LogP contribution is 2.25. The number of hydrogen-bond donors (Lipinski definition) is 1. The molecule has 0 aliphatic rings. The Morgan fingerprint density at radius 3 is 2.45 bits per heavy atom. The molecular weight excluding hydrogens is 276 g/mol. The molecule has 0 aromatic heterocycles. The average molecular weight is 296 g/mol. The van der Waals surface area contributed by atoms with E-state index in [1.807, 2.05) is 54.6 Å². The zero-order valence-corrected chi connectivity index (χ0v) is 12.8. The fourth-order valence-corrected chi connectivity index (χ4v) is 2.16. The lowest BCUT2D eigenvalue weighted by atomic mass is 10.0. The van der Waals surface area contributed by atoms with E-state index in [-0.39, 0.29) is 0 Å². The lowest BCUT2D eigenvalue weighted by Gasteiger charge is -2.10. The summed E-state index contributed by atoms with van der Waals surface area (Å²) < 4.78 is 10.6. The van der Waals surface area contributed by atoms with Gasteiger partial charge in [-0.1, -0.05) is 48.5 Å². The summed E-state index contributed by atoms with van der Waals surface area (Å²) >= 11 is 0. The molecule has 2 aromatic carbocycles. The summed E-state index contributed by atoms with van der Waals surface area (Å²) in [6.07, 6.45) is 0.929. The third-order valence-corrected chi connectivity index (χ3v) is 3.28. The van der Waals surface area contributed by atoms with Crippen LogP contribution in [0.3, 0.4) is 0 Å². The Kier molecular flexibility index (Phi) is 5.99. The van der Waals surface area contributed by atoms with Crippen LogP contribution in [-0.4, -0.2) is 25.9 Å². The molecule has 0 bridgehead atoms. The molecule has 0 saturated heterocycles. The molecule has 0 radical (unpaired) electrons. The van der Waals surface area contributed by atoms with Gasteiger partial charge >= 0.3 is 0 Å². The highest BCUT2D eigenvalue weighted by Gasteiger charge is 2.08. The molecule has 0 aliphatic heterocycles. The highest BCUT2D eigenvalue weighted by molar-refractivity contribution is 5.70. The van der Waals surface area contributed by atoms with Crippen molar-refractivity contribution in [2.45, 2.75) is 6.10 Å². The third kappa shape index (κ3) is 4.09. The summed E-state index contributed by atoms with van der Waals surface area (Å²) in [6.45, 7) is 0.387. The number of methoxy groups -OCH3 is 2. The van der Waals surface area contributed by atoms with E-state index in [0.717, 1.165) is 22.4 Å². The summed E-state index contributed by atoms with van der Waals surface area (Å²) in [7, 11) is 3.26. The van der Waals surface area contributed by atoms with Crippen molar-refractivity contribution in [3.8, 4) is 5.75 Å². The second-order valence-electron chi connectivity index (χ2n) is 4.78. The van der Waals surface area contributed by atoms with Crippen LogP contribution in [0.5, 0.6) is 5.75 Å². The van der Waals surface area contributed by atoms with E-state index in [9.17, 15) is 5.11 Å². The first-order chi connectivity index (χ1) is 10.8. The van der Waals surface area contributed by atoms with Crippen LogP contribution in [0.4, 0.5) is 0 Å². The van der Waals surface area contributed by atoms with E-state index in [0.29, 0.717) is 6.61 Å². The number of ether oxygens (including phenoxy) is 2. The number of hydrogen-bond acceptors (Lipinski definition) is 3. The first-order valence-corrected chi connectivity index (χ1v) is 7.07. The molecule has 1 N–H and O–H groups in total. The van der Waals surface area contributed by atoms with Crippen LogP contribution in [0.25, 0.3) is 5.57 Å². The lowest BCUT2D eigenvalue weighted by Crippen LogP contribution is -1.97. The molecule has 0 saturated carbocycles. The van der Waals surface area contributed by atoms with Crippen LogP contribution in [0.1, 0.15) is 17.2 Å². The Labute approximate surface area is 131 Å². The van der Waals surface area contributed by atoms with Crippen molar-refractivity contribution in [1.29, 1.82) is 0 Å². The van der Waals surface area contributed by atoms with Gasteiger partial charge in [0.15, 0.2) is 0 Å². The topological polar surface area (TPSA) is 38.7 Å². The van der Waals surface area contributed by atoms with Crippen molar-refractivity contribution in [3.05, 3.63) is 77.5 Å². The molecule has 2 rings (SSSR count). The van der Waals surface area contributed by atoms with Crippen molar-refractivity contribution in [1.82, 2.24) is 0 Å². The monoisotopic (exact) mass is 296 g/mol. The fraction of sp³-hybridized carbons (Fsp3) is 0.211. The van der Waals surface area contributed by atoms with Gasteiger partial charge in [0.25, 0.3) is 0 Å². The summed E-state index contributed by atoms with van der Waals surface area (Å²) in [5.74, 6) is 0.754. The first kappa shape index (κ1) is 16.1. The van der Waals surface area contributed by atoms with Gasteiger partial charge in [-0.15, -0.1) is 5.73 Å². The van der Waals surface area contributed by atoms with Crippen molar-refractivity contribution in [3.63, 3.8) is 0 Å². The number of aliphatic hydroxyl groups is 1. The molecule has 3 nitrogen and oxygen atoms in total. The van der Waals surface area contributed by atoms with Crippen LogP contribution in [0.2, 0.25) is 0 Å². The Hall–Kier alpha value is -2.32. The smallest absolute Gasteiger partial charge is 0.127 e. The molecule has 0 amide bonds. The molecule has 0 unspecified atom stereocenters. The molecule has 0 fully saturated rings. The maximum absolute atomic E-state index is 10.2. The van der Waals surface area contributed by atoms with Gasteiger partial charge in [-0.05, 0) is 17.7 Å². The van der Waals surface area contributed by atoms with Crippen LogP contribution in [-0.2, 0) is 4.74 Å². The SMILES string of the molecule is COCC(=C=C[C@H](O)c1ccccc1)c1ccccc1OC. The Balaban J connectivity index is 2.36. The molecule has 114 valence electrons. The van der Waals surface area contributed by atoms with Gasteiger partial charge in [0.2, 0.25) is 0 Å². The molecule has 3 heteroatoms. The van der Waals surface area contributed by atoms with E-state index in [1.54, 1.807) is 20.3 Å². The normalized spacial score (nSPS) is 11.4. The van der Waals surface area contributed by atoms with Gasteiger partial charge < -0.3 is 14.6 Å². The van der Waals surface area contributed by atoms with Gasteiger partial charge in [-0.3, -0.25) is 0 Å². The van der Waals surface area contributed by atoms with Gasteiger partial charge in [-0.2, -0.15) is 0 Å². The van der Waals surface area contributed by atoms with Crippen LogP contribution < -0.4 is 4.74 Å². The summed E-state index contributed by atoms with van der Waals surface area (Å²) in [5, 5.41) is 10.2. The van der Waals surface area contributed by atoms with E-state index in [1.165, 1.54) is 0 Å². The molecular formula is C19H20O3. The summed E-state index contributed by atoms with van der Waals surface area (Å²) in [4.78, 5) is 0. The minimum absolute atomic E-state index is 0.387. The second kappa shape index (κ2) is 8.20. The van der Waals surface area contributed by atoms with E-state index < -0.39 is 6.10 Å². The number of benzene rings is 2. The molecule has 22 heavy (non-hydrogen) atoms. The molecule has 1 atom stereocenters. The van der Waals surface area contributed by atoms with Gasteiger partial charge in [-0.25, -0.2) is 0 Å². The average Bonchev–Trinajstić information content (AvgIpc) is 2.59. The van der Waals surface area contributed by atoms with Crippen molar-refractivity contribution < 1.29 is 14.6 Å². The molecule has 2 aromatic rings. The van der Waals surface area contributed by atoms with Crippen LogP contribution in [0.15, 0.2) is 66.4 Å². The molecule has 0 heterocycles. The number of para-hydroxylation sites is 1. The summed E-state index contributed by atoms with van der Waals surface area (Å²) in [6, 6.07) is 17.1. The van der Waals surface area contributed by atoms with E-state index >= 15 is 0 Å². The predicted molar refractivity (Wildman–Crippen MR) is 87.8 cm³/mol. The zero-order valence-electron chi connectivity index (χ0n) is 12.8. The standard InChI is InChI=1S/C19H20O3/c1-21-14-16(17-10-6-7-11-19(17)22-2)12-13-18(20)15-8-4-3-5-9-15/h3-11,13,18,20H,14H2,1-2H3/t12?,18-/m0/s1. The highest BCUT2D eigenvalue weighted by atomic mass is 16.5. The third-order valence-electron chi connectivity index (χ3n) is 3.28. The van der Waals surface area contributed by atoms with Crippen LogP contribution >= 0.6 is 0 Å². The quantitative estimate of drug-likeness (QED) is 0.828. The van der Waals surface area contributed by atoms with Crippen LogP contribution in [0, 0.1) is 0 Å². The van der Waals surface area contributed by atoms with Crippen molar-refractivity contribution >= 4 is 5.57 Å². The summed E-state index contributed by atoms with van der Waals surface area (Å²) in [5.41, 5.74) is 5.71. The fourth-order valence-electron chi connectivity index (χ4n) is 2.16. The predicted octanol–water partition coefficient (Wildman–Crippen LogP) is 3.61. The second-order valence-corrected chi connectivity index (χ2v) is 4.78. The lowest BCUT2D eigenvalue weighted by molar-refractivity contribution is 0.228. The minimum Gasteiger partial charge on any atom is -0.496 e. The number of rotatable bonds is 6. The molecule has 0 spiro atoms. The van der Waals surface area contributed by atoms with Crippen molar-refractivity contribution in [2.24, 2.45) is 0 Å². The molecule has 0 aliphatic carbocycles. The zero-order chi connectivity index (χ0) is 15.8. The Bertz CT molecular complexity index is 655. The minimum atomic E-state index is -0.706. The largest absolute Gasteiger partial charge is 0.496 e. The maximum atomic E-state index is 10.2. The first-order valence-electron chi connectivity index (χ1n) is 7.07. The van der Waals surface area contributed by atoms with Gasteiger partial charge in [0, 0.05) is 18.2 Å². The maximum Gasteiger partial charge on any atom is 0.127 e. The van der Waals surface area contributed by atoms with Gasteiger partial charge in [0.05, 0.1) is 13.7 Å². The van der Waals surface area contributed by atoms with E-state index in [2.05, 4.69) is 5.73 Å². The number of aliphatic hydroxyl groups excluding tert-OH is 1. The van der Waals surface area contributed by atoms with Gasteiger partial charge in [0.1, 0.15) is 11.9 Å².